The van der Waals surface area contributed by atoms with Gasteiger partial charge in [0.05, 0.1) is 28.7 Å². The monoisotopic (exact) mass is 590 g/mol. The highest BCUT2D eigenvalue weighted by molar-refractivity contribution is 5.98. The summed E-state index contributed by atoms with van der Waals surface area (Å²) in [5, 5.41) is 2.81. The molecule has 2 aliphatic rings. The lowest BCUT2D eigenvalue weighted by Crippen LogP contribution is -2.44. The first kappa shape index (κ1) is 28.5. The molecule has 0 spiro atoms. The van der Waals surface area contributed by atoms with Gasteiger partial charge < -0.3 is 24.3 Å². The standard InChI is InChI=1S/C31H32F2N6O4/c1-30(2,3)43-29(41)37-31(4,5)27-34-14-17(15-35-27)16-10-11-19-20(12-16)39-21-13-22(25(39)36-19)38(6)26(40)18-8-7-9-23(24(18)21)42-28(32)33/h7-12,14-15,21-22,28H,13H2,1-6H3,(H,37,41)/t21-,22+/m0/s1. The van der Waals surface area contributed by atoms with E-state index in [1.165, 1.54) is 6.07 Å². The van der Waals surface area contributed by atoms with Crippen molar-refractivity contribution in [2.75, 3.05) is 7.05 Å². The summed E-state index contributed by atoms with van der Waals surface area (Å²) in [6, 6.07) is 9.66. The number of carbonyl (C=O) groups excluding carboxylic acids is 2. The van der Waals surface area contributed by atoms with E-state index in [4.69, 9.17) is 14.5 Å². The molecule has 0 unspecified atom stereocenters. The maximum atomic E-state index is 13.4. The lowest BCUT2D eigenvalue weighted by atomic mass is 9.97. The summed E-state index contributed by atoms with van der Waals surface area (Å²) in [5.74, 6) is 0.821. The molecule has 43 heavy (non-hydrogen) atoms. The number of hydrogen-bond acceptors (Lipinski definition) is 7. The number of amides is 2. The van der Waals surface area contributed by atoms with E-state index in [1.807, 2.05) is 22.8 Å². The van der Waals surface area contributed by atoms with Crippen molar-refractivity contribution < 1.29 is 27.8 Å². The molecule has 0 saturated carbocycles. The predicted molar refractivity (Wildman–Crippen MR) is 154 cm³/mol. The molecule has 2 bridgehead atoms. The Hall–Kier alpha value is -4.61. The minimum atomic E-state index is -3.03. The lowest BCUT2D eigenvalue weighted by molar-refractivity contribution is -0.0507. The van der Waals surface area contributed by atoms with Crippen molar-refractivity contribution >= 4 is 23.0 Å². The zero-order chi connectivity index (χ0) is 30.8. The first-order valence-corrected chi connectivity index (χ1v) is 13.9. The number of carbonyl (C=O) groups is 2. The summed E-state index contributed by atoms with van der Waals surface area (Å²) < 4.78 is 39.1. The van der Waals surface area contributed by atoms with Crippen LogP contribution in [0.15, 0.2) is 48.8 Å². The van der Waals surface area contributed by atoms with Crippen molar-refractivity contribution in [3.05, 3.63) is 71.6 Å². The van der Waals surface area contributed by atoms with Crippen LogP contribution in [0.5, 0.6) is 5.75 Å². The molecule has 2 aromatic heterocycles. The van der Waals surface area contributed by atoms with Crippen molar-refractivity contribution in [2.45, 2.75) is 70.9 Å². The molecule has 10 nitrogen and oxygen atoms in total. The Bertz CT molecular complexity index is 1750. The fourth-order valence-corrected chi connectivity index (χ4v) is 5.87. The third-order valence-electron chi connectivity index (χ3n) is 7.76. The normalized spacial score (nSPS) is 18.0. The van der Waals surface area contributed by atoms with Gasteiger partial charge in [0.25, 0.3) is 5.91 Å². The van der Waals surface area contributed by atoms with E-state index in [2.05, 4.69) is 15.3 Å². The second kappa shape index (κ2) is 9.99. The molecule has 224 valence electrons. The number of rotatable bonds is 5. The van der Waals surface area contributed by atoms with Crippen LogP contribution < -0.4 is 10.1 Å². The van der Waals surface area contributed by atoms with Gasteiger partial charge in [0.2, 0.25) is 0 Å². The van der Waals surface area contributed by atoms with Gasteiger partial charge in [-0.1, -0.05) is 12.1 Å². The molecular formula is C31H32F2N6O4. The Kier molecular flexibility index (Phi) is 6.62. The SMILES string of the molecule is CN1C(=O)c2cccc(OC(F)F)c2[C@@H]2C[C@@H]1c1nc3ccc(-c4cnc(C(C)(C)NC(=O)OC(C)(C)C)nc4)cc3n12. The van der Waals surface area contributed by atoms with Crippen LogP contribution in [0.3, 0.4) is 0 Å². The molecule has 0 saturated heterocycles. The fraction of sp³-hybridized carbons (Fsp3) is 0.387. The first-order chi connectivity index (χ1) is 20.2. The van der Waals surface area contributed by atoms with Crippen LogP contribution in [0, 0.1) is 0 Å². The van der Waals surface area contributed by atoms with E-state index in [0.717, 1.165) is 16.6 Å². The Morgan fingerprint density at radius 1 is 1.05 bits per heavy atom. The summed E-state index contributed by atoms with van der Waals surface area (Å²) in [7, 11) is 1.71. The van der Waals surface area contributed by atoms with Gasteiger partial charge in [-0.05, 0) is 64.4 Å². The van der Waals surface area contributed by atoms with E-state index in [0.29, 0.717) is 34.7 Å². The maximum Gasteiger partial charge on any atom is 0.408 e. The minimum absolute atomic E-state index is 0.0163. The highest BCUT2D eigenvalue weighted by Gasteiger charge is 2.45. The molecule has 6 rings (SSSR count). The molecule has 1 N–H and O–H groups in total. The quantitative estimate of drug-likeness (QED) is 0.305. The second-order valence-corrected chi connectivity index (χ2v) is 12.4. The van der Waals surface area contributed by atoms with Crippen molar-refractivity contribution in [1.82, 2.24) is 29.7 Å². The van der Waals surface area contributed by atoms with E-state index >= 15 is 0 Å². The Morgan fingerprint density at radius 2 is 1.77 bits per heavy atom. The number of alkyl halides is 2. The highest BCUT2D eigenvalue weighted by atomic mass is 19.3. The lowest BCUT2D eigenvalue weighted by Gasteiger charge is -2.27. The van der Waals surface area contributed by atoms with Gasteiger partial charge in [-0.15, -0.1) is 0 Å². The number of fused-ring (bicyclic) bond motifs is 9. The van der Waals surface area contributed by atoms with Gasteiger partial charge >= 0.3 is 12.7 Å². The average Bonchev–Trinajstić information content (AvgIpc) is 3.44. The Morgan fingerprint density at radius 3 is 2.44 bits per heavy atom. The molecule has 0 radical (unpaired) electrons. The van der Waals surface area contributed by atoms with Gasteiger partial charge in [0, 0.05) is 42.6 Å². The molecule has 4 heterocycles. The van der Waals surface area contributed by atoms with Crippen molar-refractivity contribution in [3.63, 3.8) is 0 Å². The number of alkyl carbamates (subject to hydrolysis) is 1. The molecule has 4 aromatic rings. The summed E-state index contributed by atoms with van der Waals surface area (Å²) in [4.78, 5) is 41.2. The third-order valence-corrected chi connectivity index (χ3v) is 7.76. The maximum absolute atomic E-state index is 13.4. The first-order valence-electron chi connectivity index (χ1n) is 13.9. The molecule has 0 aliphatic carbocycles. The van der Waals surface area contributed by atoms with Crippen LogP contribution in [0.25, 0.3) is 22.2 Å². The number of imidazole rings is 1. The summed E-state index contributed by atoms with van der Waals surface area (Å²) in [5.41, 5.74) is 2.30. The Balaban J connectivity index is 1.37. The molecule has 2 amide bonds. The van der Waals surface area contributed by atoms with Crippen LogP contribution in [-0.2, 0) is 10.3 Å². The molecule has 0 fully saturated rings. The molecule has 2 aliphatic heterocycles. The third kappa shape index (κ3) is 5.04. The van der Waals surface area contributed by atoms with Crippen LogP contribution in [0.4, 0.5) is 13.6 Å². The van der Waals surface area contributed by atoms with Gasteiger partial charge in [0.1, 0.15) is 17.2 Å². The summed E-state index contributed by atoms with van der Waals surface area (Å²) in [6.07, 6.45) is 3.28. The zero-order valence-electron chi connectivity index (χ0n) is 24.7. The van der Waals surface area contributed by atoms with Crippen LogP contribution in [0.1, 0.15) is 80.7 Å². The molecule has 12 heteroatoms. The van der Waals surface area contributed by atoms with Crippen molar-refractivity contribution in [2.24, 2.45) is 0 Å². The fourth-order valence-electron chi connectivity index (χ4n) is 5.87. The van der Waals surface area contributed by atoms with Crippen molar-refractivity contribution in [3.8, 4) is 16.9 Å². The zero-order valence-corrected chi connectivity index (χ0v) is 24.7. The second-order valence-electron chi connectivity index (χ2n) is 12.4. The number of ether oxygens (including phenoxy) is 2. The van der Waals surface area contributed by atoms with Gasteiger partial charge in [-0.2, -0.15) is 8.78 Å². The molecular weight excluding hydrogens is 558 g/mol. The van der Waals surface area contributed by atoms with Crippen LogP contribution in [-0.4, -0.2) is 55.7 Å². The number of hydrogen-bond donors (Lipinski definition) is 1. The van der Waals surface area contributed by atoms with E-state index in [-0.39, 0.29) is 17.7 Å². The molecule has 2 atom stereocenters. The minimum Gasteiger partial charge on any atom is -0.444 e. The number of benzene rings is 2. The van der Waals surface area contributed by atoms with E-state index in [9.17, 15) is 18.4 Å². The average molecular weight is 591 g/mol. The predicted octanol–water partition coefficient (Wildman–Crippen LogP) is 5.97. The number of nitrogens with one attached hydrogen (secondary N) is 1. The molecule has 2 aromatic carbocycles. The Labute approximate surface area is 247 Å². The topological polar surface area (TPSA) is 111 Å². The smallest absolute Gasteiger partial charge is 0.408 e. The van der Waals surface area contributed by atoms with Crippen LogP contribution in [0.2, 0.25) is 0 Å². The number of nitrogens with zero attached hydrogens (tertiary/aromatic N) is 5. The van der Waals surface area contributed by atoms with Gasteiger partial charge in [-0.25, -0.2) is 19.7 Å². The number of aromatic nitrogens is 4. The summed E-state index contributed by atoms with van der Waals surface area (Å²) >= 11 is 0. The summed E-state index contributed by atoms with van der Waals surface area (Å²) in [6.45, 7) is 5.92. The van der Waals surface area contributed by atoms with E-state index < -0.39 is 29.9 Å². The highest BCUT2D eigenvalue weighted by Crippen LogP contribution is 2.50. The van der Waals surface area contributed by atoms with Crippen molar-refractivity contribution in [1.29, 1.82) is 0 Å². The van der Waals surface area contributed by atoms with Gasteiger partial charge in [-0.3, -0.25) is 4.79 Å². The van der Waals surface area contributed by atoms with Crippen LogP contribution >= 0.6 is 0 Å². The largest absolute Gasteiger partial charge is 0.444 e. The number of halogens is 2. The van der Waals surface area contributed by atoms with Gasteiger partial charge in [0.15, 0.2) is 5.82 Å². The van der Waals surface area contributed by atoms with E-state index in [1.54, 1.807) is 71.1 Å².